The fourth-order valence-electron chi connectivity index (χ4n) is 1.57. The summed E-state index contributed by atoms with van der Waals surface area (Å²) in [6.07, 6.45) is 4.02. The van der Waals surface area contributed by atoms with Gasteiger partial charge in [-0.2, -0.15) is 0 Å². The molecule has 4 heteroatoms. The fraction of sp³-hybridized carbons (Fsp3) is 0.727. The van der Waals surface area contributed by atoms with Gasteiger partial charge in [0.05, 0.1) is 13.2 Å². The van der Waals surface area contributed by atoms with Crippen molar-refractivity contribution in [2.24, 2.45) is 5.92 Å². The number of ether oxygens (including phenoxy) is 1. The predicted molar refractivity (Wildman–Crippen MR) is 57.8 cm³/mol. The summed E-state index contributed by atoms with van der Waals surface area (Å²) in [4.78, 5) is 10.5. The monoisotopic (exact) mass is 213 g/mol. The van der Waals surface area contributed by atoms with Gasteiger partial charge >= 0.3 is 5.97 Å². The van der Waals surface area contributed by atoms with E-state index in [2.05, 4.69) is 5.32 Å². The summed E-state index contributed by atoms with van der Waals surface area (Å²) in [7, 11) is 0. The first-order chi connectivity index (χ1) is 7.20. The van der Waals surface area contributed by atoms with E-state index in [0.717, 1.165) is 19.7 Å². The lowest BCUT2D eigenvalue weighted by molar-refractivity contribution is -0.132. The van der Waals surface area contributed by atoms with Crippen molar-refractivity contribution >= 4 is 5.97 Å². The van der Waals surface area contributed by atoms with E-state index in [0.29, 0.717) is 18.1 Å². The first kappa shape index (κ1) is 12.2. The molecule has 0 saturated carbocycles. The summed E-state index contributed by atoms with van der Waals surface area (Å²) in [5.41, 5.74) is 0.344. The Kier molecular flexibility index (Phi) is 5.36. The Morgan fingerprint density at radius 1 is 1.67 bits per heavy atom. The van der Waals surface area contributed by atoms with Gasteiger partial charge < -0.3 is 15.2 Å². The molecule has 1 rings (SSSR count). The molecule has 0 radical (unpaired) electrons. The minimum atomic E-state index is -0.877. The molecule has 0 aromatic rings. The minimum Gasteiger partial charge on any atom is -0.478 e. The van der Waals surface area contributed by atoms with Crippen LogP contribution in [-0.2, 0) is 9.53 Å². The molecule has 1 saturated heterocycles. The van der Waals surface area contributed by atoms with E-state index >= 15 is 0 Å². The van der Waals surface area contributed by atoms with Crippen molar-refractivity contribution in [2.45, 2.75) is 19.8 Å². The zero-order chi connectivity index (χ0) is 11.1. The number of hydrogen-bond donors (Lipinski definition) is 2. The lowest BCUT2D eigenvalue weighted by Crippen LogP contribution is -2.32. The quantitative estimate of drug-likeness (QED) is 0.529. The largest absolute Gasteiger partial charge is 0.478 e. The molecule has 86 valence electrons. The van der Waals surface area contributed by atoms with Crippen LogP contribution in [0.3, 0.4) is 0 Å². The van der Waals surface area contributed by atoms with Crippen molar-refractivity contribution in [2.75, 3.05) is 26.3 Å². The third-order valence-electron chi connectivity index (χ3n) is 2.60. The molecule has 1 atom stereocenters. The fourth-order valence-corrected chi connectivity index (χ4v) is 1.57. The number of carbonyl (C=O) groups is 1. The second-order valence-electron chi connectivity index (χ2n) is 3.94. The van der Waals surface area contributed by atoms with E-state index in [9.17, 15) is 4.79 Å². The molecule has 1 heterocycles. The Morgan fingerprint density at radius 3 is 3.07 bits per heavy atom. The van der Waals surface area contributed by atoms with Gasteiger partial charge in [0.15, 0.2) is 0 Å². The number of carboxylic acid groups (broad SMARTS) is 1. The van der Waals surface area contributed by atoms with E-state index < -0.39 is 5.97 Å². The maximum absolute atomic E-state index is 10.5. The average molecular weight is 213 g/mol. The second-order valence-corrected chi connectivity index (χ2v) is 3.94. The van der Waals surface area contributed by atoms with Gasteiger partial charge in [-0.25, -0.2) is 4.79 Å². The number of rotatable bonds is 5. The number of hydrogen-bond acceptors (Lipinski definition) is 3. The summed E-state index contributed by atoms with van der Waals surface area (Å²) < 4.78 is 5.41. The molecule has 1 unspecified atom stereocenters. The van der Waals surface area contributed by atoms with Crippen molar-refractivity contribution in [3.05, 3.63) is 11.6 Å². The highest BCUT2D eigenvalue weighted by molar-refractivity contribution is 5.85. The van der Waals surface area contributed by atoms with Crippen LogP contribution < -0.4 is 5.32 Å². The van der Waals surface area contributed by atoms with Crippen LogP contribution >= 0.6 is 0 Å². The number of carboxylic acids is 1. The van der Waals surface area contributed by atoms with Crippen molar-refractivity contribution in [1.82, 2.24) is 5.32 Å². The van der Waals surface area contributed by atoms with Crippen molar-refractivity contribution in [3.8, 4) is 0 Å². The molecular weight excluding hydrogens is 194 g/mol. The molecular formula is C11H19NO3. The molecule has 0 bridgehead atoms. The maximum atomic E-state index is 10.5. The number of aliphatic carboxylic acids is 1. The van der Waals surface area contributed by atoms with Crippen LogP contribution in [0.15, 0.2) is 11.6 Å². The highest BCUT2D eigenvalue weighted by Crippen LogP contribution is 2.09. The third kappa shape index (κ3) is 4.95. The van der Waals surface area contributed by atoms with Crippen molar-refractivity contribution in [3.63, 3.8) is 0 Å². The van der Waals surface area contributed by atoms with Crippen LogP contribution in [-0.4, -0.2) is 37.4 Å². The van der Waals surface area contributed by atoms with E-state index in [1.807, 2.05) is 0 Å². The van der Waals surface area contributed by atoms with Gasteiger partial charge in [-0.05, 0) is 38.3 Å². The normalized spacial score (nSPS) is 22.7. The minimum absolute atomic E-state index is 0.344. The second kappa shape index (κ2) is 6.58. The van der Waals surface area contributed by atoms with Gasteiger partial charge in [-0.1, -0.05) is 0 Å². The summed E-state index contributed by atoms with van der Waals surface area (Å²) in [5, 5.41) is 11.9. The van der Waals surface area contributed by atoms with Crippen LogP contribution in [0.4, 0.5) is 0 Å². The summed E-state index contributed by atoms with van der Waals surface area (Å²) in [5.74, 6) is -0.296. The average Bonchev–Trinajstić information content (AvgIpc) is 2.25. The summed E-state index contributed by atoms with van der Waals surface area (Å²) in [6.45, 7) is 4.81. The molecule has 0 amide bonds. The summed E-state index contributed by atoms with van der Waals surface area (Å²) >= 11 is 0. The van der Waals surface area contributed by atoms with E-state index in [4.69, 9.17) is 9.84 Å². The molecule has 2 N–H and O–H groups in total. The maximum Gasteiger partial charge on any atom is 0.331 e. The number of nitrogens with one attached hydrogen (secondary N) is 1. The lowest BCUT2D eigenvalue weighted by atomic mass is 10.0. The SMILES string of the molecule is CC(=CCOCC1CCCNC1)C(=O)O. The Bertz CT molecular complexity index is 232. The summed E-state index contributed by atoms with van der Waals surface area (Å²) in [6, 6.07) is 0. The molecule has 0 aromatic carbocycles. The number of piperidine rings is 1. The standard InChI is InChI=1S/C11H19NO3/c1-9(11(13)14)4-6-15-8-10-3-2-5-12-7-10/h4,10,12H,2-3,5-8H2,1H3,(H,13,14). The third-order valence-corrected chi connectivity index (χ3v) is 2.60. The molecule has 15 heavy (non-hydrogen) atoms. The molecule has 1 aliphatic heterocycles. The zero-order valence-electron chi connectivity index (χ0n) is 9.16. The van der Waals surface area contributed by atoms with Gasteiger partial charge in [0.25, 0.3) is 0 Å². The van der Waals surface area contributed by atoms with E-state index in [1.165, 1.54) is 12.8 Å². The highest BCUT2D eigenvalue weighted by atomic mass is 16.5. The van der Waals surface area contributed by atoms with Crippen molar-refractivity contribution in [1.29, 1.82) is 0 Å². The highest BCUT2D eigenvalue weighted by Gasteiger charge is 2.12. The van der Waals surface area contributed by atoms with Crippen LogP contribution in [0.1, 0.15) is 19.8 Å². The van der Waals surface area contributed by atoms with E-state index in [-0.39, 0.29) is 0 Å². The zero-order valence-corrected chi connectivity index (χ0v) is 9.16. The van der Waals surface area contributed by atoms with Gasteiger partial charge in [0, 0.05) is 12.1 Å². The van der Waals surface area contributed by atoms with Crippen molar-refractivity contribution < 1.29 is 14.6 Å². The smallest absolute Gasteiger partial charge is 0.331 e. The molecule has 0 aliphatic carbocycles. The van der Waals surface area contributed by atoms with E-state index in [1.54, 1.807) is 13.0 Å². The molecule has 1 fully saturated rings. The topological polar surface area (TPSA) is 58.6 Å². The van der Waals surface area contributed by atoms with Crippen LogP contribution in [0.25, 0.3) is 0 Å². The first-order valence-corrected chi connectivity index (χ1v) is 5.38. The van der Waals surface area contributed by atoms with Crippen LogP contribution in [0, 0.1) is 5.92 Å². The lowest BCUT2D eigenvalue weighted by Gasteiger charge is -2.22. The first-order valence-electron chi connectivity index (χ1n) is 5.38. The van der Waals surface area contributed by atoms with Crippen LogP contribution in [0.5, 0.6) is 0 Å². The predicted octanol–water partition coefficient (Wildman–Crippen LogP) is 1.03. The Labute approximate surface area is 90.3 Å². The molecule has 1 aliphatic rings. The molecule has 0 spiro atoms. The Hall–Kier alpha value is -0.870. The van der Waals surface area contributed by atoms with Gasteiger partial charge in [-0.3, -0.25) is 0 Å². The Balaban J connectivity index is 2.10. The van der Waals surface area contributed by atoms with Gasteiger partial charge in [-0.15, -0.1) is 0 Å². The molecule has 0 aromatic heterocycles. The van der Waals surface area contributed by atoms with Gasteiger partial charge in [0.1, 0.15) is 0 Å². The van der Waals surface area contributed by atoms with Crippen LogP contribution in [0.2, 0.25) is 0 Å². The molecule has 4 nitrogen and oxygen atoms in total. The van der Waals surface area contributed by atoms with Gasteiger partial charge in [0.2, 0.25) is 0 Å². The Morgan fingerprint density at radius 2 is 2.47 bits per heavy atom.